The van der Waals surface area contributed by atoms with E-state index in [9.17, 15) is 24.5 Å². The van der Waals surface area contributed by atoms with Crippen molar-refractivity contribution < 1.29 is 24.0 Å². The largest absolute Gasteiger partial charge is 0.444 e. The third kappa shape index (κ3) is 4.51. The smallest absolute Gasteiger partial charge is 0.410 e. The van der Waals surface area contributed by atoms with Crippen molar-refractivity contribution in [2.45, 2.75) is 26.4 Å². The third-order valence-corrected chi connectivity index (χ3v) is 5.79. The first kappa shape index (κ1) is 22.7. The van der Waals surface area contributed by atoms with Gasteiger partial charge in [0.05, 0.1) is 10.5 Å². The number of nitro benzene ring substituents is 1. The van der Waals surface area contributed by atoms with Crippen molar-refractivity contribution in [2.75, 3.05) is 39.3 Å². The molecule has 0 aliphatic carbocycles. The van der Waals surface area contributed by atoms with Gasteiger partial charge >= 0.3 is 6.09 Å². The molecule has 2 aromatic carbocycles. The van der Waals surface area contributed by atoms with Gasteiger partial charge in [-0.15, -0.1) is 0 Å². The Balaban J connectivity index is 1.45. The normalized spacial score (nSPS) is 16.9. The molecule has 1 saturated heterocycles. The summed E-state index contributed by atoms with van der Waals surface area (Å²) in [6, 6.07) is 7.58. The first-order valence-corrected chi connectivity index (χ1v) is 10.8. The van der Waals surface area contributed by atoms with Gasteiger partial charge in [0.25, 0.3) is 17.5 Å². The van der Waals surface area contributed by atoms with Crippen molar-refractivity contribution in [1.82, 2.24) is 14.7 Å². The van der Waals surface area contributed by atoms with Crippen molar-refractivity contribution in [3.8, 4) is 0 Å². The molecule has 1 fully saturated rings. The summed E-state index contributed by atoms with van der Waals surface area (Å²) in [5.74, 6) is -0.931. The van der Waals surface area contributed by atoms with Crippen LogP contribution in [0.25, 0.3) is 10.8 Å². The number of carbonyl (C=O) groups is 3. The second-order valence-electron chi connectivity index (χ2n) is 9.23. The van der Waals surface area contributed by atoms with Crippen molar-refractivity contribution >= 4 is 34.4 Å². The number of benzene rings is 2. The summed E-state index contributed by atoms with van der Waals surface area (Å²) < 4.78 is 5.41. The lowest BCUT2D eigenvalue weighted by atomic mass is 9.93. The zero-order chi connectivity index (χ0) is 23.9. The molecule has 10 nitrogen and oxygen atoms in total. The minimum atomic E-state index is -0.558. The van der Waals surface area contributed by atoms with Crippen LogP contribution in [0.4, 0.5) is 10.5 Å². The number of nitro groups is 1. The van der Waals surface area contributed by atoms with Crippen LogP contribution in [0.2, 0.25) is 0 Å². The molecular formula is C23H26N4O6. The molecule has 2 aliphatic heterocycles. The molecule has 0 spiro atoms. The highest BCUT2D eigenvalue weighted by atomic mass is 16.6. The van der Waals surface area contributed by atoms with E-state index in [1.54, 1.807) is 23.1 Å². The van der Waals surface area contributed by atoms with Crippen LogP contribution in [-0.2, 0) is 4.74 Å². The molecule has 0 unspecified atom stereocenters. The first-order chi connectivity index (χ1) is 15.5. The molecule has 2 heterocycles. The summed E-state index contributed by atoms with van der Waals surface area (Å²) in [5, 5.41) is 12.3. The van der Waals surface area contributed by atoms with Crippen LogP contribution in [0.5, 0.6) is 0 Å². The lowest BCUT2D eigenvalue weighted by Crippen LogP contribution is -2.52. The van der Waals surface area contributed by atoms with E-state index < -0.39 is 22.3 Å². The van der Waals surface area contributed by atoms with Crippen LogP contribution in [-0.4, -0.2) is 82.4 Å². The van der Waals surface area contributed by atoms with E-state index in [1.165, 1.54) is 12.1 Å². The van der Waals surface area contributed by atoms with E-state index in [0.29, 0.717) is 49.1 Å². The maximum atomic E-state index is 13.1. The Morgan fingerprint density at radius 3 is 2.33 bits per heavy atom. The monoisotopic (exact) mass is 454 g/mol. The van der Waals surface area contributed by atoms with E-state index in [-0.39, 0.29) is 23.9 Å². The first-order valence-electron chi connectivity index (χ1n) is 10.8. The maximum Gasteiger partial charge on any atom is 0.410 e. The van der Waals surface area contributed by atoms with Gasteiger partial charge in [0.1, 0.15) is 5.60 Å². The summed E-state index contributed by atoms with van der Waals surface area (Å²) >= 11 is 0. The van der Waals surface area contributed by atoms with Gasteiger partial charge in [-0.25, -0.2) is 4.79 Å². The fourth-order valence-electron chi connectivity index (χ4n) is 4.17. The average molecular weight is 454 g/mol. The number of non-ortho nitro benzene ring substituents is 1. The van der Waals surface area contributed by atoms with Crippen molar-refractivity contribution in [3.63, 3.8) is 0 Å². The van der Waals surface area contributed by atoms with Gasteiger partial charge in [-0.05, 0) is 32.2 Å². The fraction of sp³-hybridized carbons (Fsp3) is 0.435. The highest BCUT2D eigenvalue weighted by molar-refractivity contribution is 6.25. The van der Waals surface area contributed by atoms with Crippen LogP contribution in [0.15, 0.2) is 30.3 Å². The Morgan fingerprint density at radius 1 is 1.03 bits per heavy atom. The molecule has 10 heteroatoms. The van der Waals surface area contributed by atoms with Crippen molar-refractivity contribution in [2.24, 2.45) is 0 Å². The van der Waals surface area contributed by atoms with E-state index in [2.05, 4.69) is 4.90 Å². The van der Waals surface area contributed by atoms with E-state index in [4.69, 9.17) is 4.74 Å². The second kappa shape index (κ2) is 8.43. The highest BCUT2D eigenvalue weighted by Gasteiger charge is 2.35. The van der Waals surface area contributed by atoms with Crippen molar-refractivity contribution in [3.05, 3.63) is 51.6 Å². The van der Waals surface area contributed by atoms with Crippen molar-refractivity contribution in [1.29, 1.82) is 0 Å². The number of hydrogen-bond donors (Lipinski definition) is 0. The number of amides is 3. The number of rotatable bonds is 4. The van der Waals surface area contributed by atoms with Gasteiger partial charge in [-0.3, -0.25) is 29.5 Å². The quantitative estimate of drug-likeness (QED) is 0.396. The highest BCUT2D eigenvalue weighted by Crippen LogP contribution is 2.33. The van der Waals surface area contributed by atoms with Gasteiger partial charge in [-0.1, -0.05) is 12.1 Å². The Morgan fingerprint density at radius 2 is 1.70 bits per heavy atom. The van der Waals surface area contributed by atoms with Crippen LogP contribution in [0.1, 0.15) is 41.5 Å². The Bertz CT molecular complexity index is 1150. The molecule has 4 rings (SSSR count). The Kier molecular flexibility index (Phi) is 5.79. The topological polar surface area (TPSA) is 113 Å². The standard InChI is InChI=1S/C23H26N4O6/c1-23(2,3)33-22(30)25-10-7-24(8-11-25)9-12-26-20(28)17-6-4-5-15-13-16(27(31)32)14-18(19(15)17)21(26)29/h4-6,13-14H,7-12H2,1-3H3. The van der Waals surface area contributed by atoms with Gasteiger partial charge < -0.3 is 9.64 Å². The predicted molar refractivity (Wildman–Crippen MR) is 120 cm³/mol. The SMILES string of the molecule is CC(C)(C)OC(=O)N1CCN(CCN2C(=O)c3cccc4cc([N+](=O)[O-])cc(c34)C2=O)CC1. The number of imide groups is 1. The minimum Gasteiger partial charge on any atom is -0.444 e. The van der Waals surface area contributed by atoms with Crippen LogP contribution in [0.3, 0.4) is 0 Å². The fourth-order valence-corrected chi connectivity index (χ4v) is 4.17. The van der Waals surface area contributed by atoms with E-state index >= 15 is 0 Å². The molecule has 0 radical (unpaired) electrons. The number of ether oxygens (including phenoxy) is 1. The zero-order valence-electron chi connectivity index (χ0n) is 18.9. The second-order valence-corrected chi connectivity index (χ2v) is 9.23. The number of hydrogen-bond acceptors (Lipinski definition) is 7. The lowest BCUT2D eigenvalue weighted by molar-refractivity contribution is -0.384. The third-order valence-electron chi connectivity index (χ3n) is 5.79. The van der Waals surface area contributed by atoms with E-state index in [1.807, 2.05) is 20.8 Å². The van der Waals surface area contributed by atoms with Crippen LogP contribution in [0, 0.1) is 10.1 Å². The van der Waals surface area contributed by atoms with Crippen LogP contribution >= 0.6 is 0 Å². The van der Waals surface area contributed by atoms with Gasteiger partial charge in [0.15, 0.2) is 0 Å². The molecule has 0 atom stereocenters. The number of carbonyl (C=O) groups excluding carboxylic acids is 3. The van der Waals surface area contributed by atoms with Gasteiger partial charge in [0.2, 0.25) is 0 Å². The molecule has 33 heavy (non-hydrogen) atoms. The number of nitrogens with zero attached hydrogens (tertiary/aromatic N) is 4. The molecule has 2 aliphatic rings. The predicted octanol–water partition coefficient (Wildman–Crippen LogP) is 2.90. The number of piperazine rings is 1. The molecule has 3 amide bonds. The Hall–Kier alpha value is -3.53. The Labute approximate surface area is 190 Å². The summed E-state index contributed by atoms with van der Waals surface area (Å²) in [5.41, 5.74) is -0.205. The molecule has 0 bridgehead atoms. The van der Waals surface area contributed by atoms with E-state index in [0.717, 1.165) is 4.90 Å². The minimum absolute atomic E-state index is 0.155. The molecule has 0 saturated carbocycles. The van der Waals surface area contributed by atoms with Gasteiger partial charge in [-0.2, -0.15) is 0 Å². The summed E-state index contributed by atoms with van der Waals surface area (Å²) in [7, 11) is 0. The molecule has 0 N–H and O–H groups in total. The molecule has 0 aromatic heterocycles. The van der Waals surface area contributed by atoms with Gasteiger partial charge in [0, 0.05) is 62.4 Å². The zero-order valence-corrected chi connectivity index (χ0v) is 18.9. The average Bonchev–Trinajstić information content (AvgIpc) is 2.76. The summed E-state index contributed by atoms with van der Waals surface area (Å²) in [6.07, 6.45) is -0.352. The summed E-state index contributed by atoms with van der Waals surface area (Å²) in [6.45, 7) is 8.22. The summed E-state index contributed by atoms with van der Waals surface area (Å²) in [4.78, 5) is 54.1. The lowest BCUT2D eigenvalue weighted by Gasteiger charge is -2.36. The van der Waals surface area contributed by atoms with Crippen LogP contribution < -0.4 is 0 Å². The molecule has 2 aromatic rings. The molecular weight excluding hydrogens is 428 g/mol. The maximum absolute atomic E-state index is 13.1. The molecule has 174 valence electrons.